The normalized spacial score (nSPS) is 14.2. The zero-order valence-electron chi connectivity index (χ0n) is 21.9. The summed E-state index contributed by atoms with van der Waals surface area (Å²) in [5, 5.41) is 5.01. The van der Waals surface area contributed by atoms with E-state index in [0.29, 0.717) is 38.7 Å². The molecule has 2 N–H and O–H groups in total. The van der Waals surface area contributed by atoms with Gasteiger partial charge in [-0.05, 0) is 96.1 Å². The number of amides is 5. The molecule has 1 heterocycles. The summed E-state index contributed by atoms with van der Waals surface area (Å²) >= 11 is 2.01. The Morgan fingerprint density at radius 3 is 2.45 bits per heavy atom. The number of para-hydroxylation sites is 1. The van der Waals surface area contributed by atoms with Gasteiger partial charge in [0.05, 0.1) is 23.0 Å². The number of carbonyl (C=O) groups excluding carboxylic acids is 4. The van der Waals surface area contributed by atoms with Gasteiger partial charge in [0, 0.05) is 5.69 Å². The van der Waals surface area contributed by atoms with Gasteiger partial charge in [-0.1, -0.05) is 18.2 Å². The lowest BCUT2D eigenvalue weighted by molar-refractivity contribution is -0.122. The van der Waals surface area contributed by atoms with Crippen LogP contribution in [0, 0.1) is 10.5 Å². The number of nitrogens with one attached hydrogen (secondary N) is 2. The van der Waals surface area contributed by atoms with Gasteiger partial charge in [-0.15, -0.1) is 0 Å². The summed E-state index contributed by atoms with van der Waals surface area (Å²) in [6.45, 7) is 3.94. The van der Waals surface area contributed by atoms with E-state index in [4.69, 9.17) is 14.2 Å². The molecule has 4 rings (SSSR count). The monoisotopic (exact) mass is 655 g/mol. The van der Waals surface area contributed by atoms with Crippen LogP contribution in [0.1, 0.15) is 18.1 Å². The molecule has 3 aromatic carbocycles. The first-order chi connectivity index (χ1) is 19.2. The van der Waals surface area contributed by atoms with Crippen molar-refractivity contribution in [3.8, 4) is 17.2 Å². The number of aryl methyl sites for hydroxylation is 1. The Bertz CT molecular complexity index is 1500. The number of methoxy groups -OCH3 is 1. The van der Waals surface area contributed by atoms with Crippen molar-refractivity contribution in [1.82, 2.24) is 5.32 Å². The quantitative estimate of drug-likeness (QED) is 0.195. The van der Waals surface area contributed by atoms with Crippen molar-refractivity contribution >= 4 is 63.8 Å². The molecule has 1 fully saturated rings. The summed E-state index contributed by atoms with van der Waals surface area (Å²) in [5.41, 5.74) is 2.11. The van der Waals surface area contributed by atoms with Gasteiger partial charge in [0.2, 0.25) is 0 Å². The minimum Gasteiger partial charge on any atom is -0.494 e. The van der Waals surface area contributed by atoms with Crippen LogP contribution in [0.3, 0.4) is 0 Å². The average molecular weight is 655 g/mol. The lowest BCUT2D eigenvalue weighted by Crippen LogP contribution is -2.54. The third kappa shape index (κ3) is 6.42. The van der Waals surface area contributed by atoms with Crippen molar-refractivity contribution in [2.75, 3.05) is 30.5 Å². The van der Waals surface area contributed by atoms with E-state index in [1.165, 1.54) is 13.2 Å². The predicted octanol–water partition coefficient (Wildman–Crippen LogP) is 4.69. The van der Waals surface area contributed by atoms with Crippen molar-refractivity contribution in [3.05, 3.63) is 80.9 Å². The van der Waals surface area contributed by atoms with Gasteiger partial charge in [0.1, 0.15) is 11.3 Å². The number of carbonyl (C=O) groups is 4. The van der Waals surface area contributed by atoms with Crippen LogP contribution < -0.4 is 29.7 Å². The molecular formula is C29H26IN3O7. The van der Waals surface area contributed by atoms with E-state index < -0.39 is 17.8 Å². The van der Waals surface area contributed by atoms with E-state index in [1.807, 2.05) is 54.6 Å². The number of imide groups is 2. The van der Waals surface area contributed by atoms with Crippen LogP contribution in [0.25, 0.3) is 6.08 Å². The van der Waals surface area contributed by atoms with Crippen molar-refractivity contribution < 1.29 is 33.4 Å². The molecule has 40 heavy (non-hydrogen) atoms. The molecule has 5 amide bonds. The first-order valence-electron chi connectivity index (χ1n) is 12.2. The number of nitrogens with zero attached hydrogens (tertiary/aromatic N) is 1. The highest BCUT2D eigenvalue weighted by molar-refractivity contribution is 14.1. The Hall–Kier alpha value is -4.39. The molecule has 0 unspecified atom stereocenters. The SMILES string of the molecule is CCOc1ccc(N2C(=O)NC(=O)/C(=C\c3cc(I)c(OCC(=O)Nc4ccccc4C)c(OC)c3)C2=O)cc1. The summed E-state index contributed by atoms with van der Waals surface area (Å²) in [6, 6.07) is 16.2. The standard InChI is InChI=1S/C29H26IN3O7/c1-4-39-20-11-9-19(10-12-20)33-28(36)21(27(35)32-29(33)37)13-18-14-22(30)26(24(15-18)38-3)40-16-25(34)31-23-8-6-5-7-17(23)2/h5-15H,4,16H2,1-3H3,(H,31,34)(H,32,35,37)/b21-13+. The fraction of sp³-hybridized carbons (Fsp3) is 0.172. The number of anilines is 2. The maximum atomic E-state index is 13.3. The van der Waals surface area contributed by atoms with Crippen LogP contribution in [-0.2, 0) is 14.4 Å². The van der Waals surface area contributed by atoms with Crippen LogP contribution in [0.5, 0.6) is 17.2 Å². The minimum absolute atomic E-state index is 0.238. The third-order valence-corrected chi connectivity index (χ3v) is 6.64. The molecule has 0 aromatic heterocycles. The first kappa shape index (κ1) is 28.6. The summed E-state index contributed by atoms with van der Waals surface area (Å²) in [4.78, 5) is 51.8. The molecule has 3 aromatic rings. The maximum Gasteiger partial charge on any atom is 0.335 e. The molecule has 0 atom stereocenters. The van der Waals surface area contributed by atoms with E-state index in [-0.39, 0.29) is 23.8 Å². The second-order valence-corrected chi connectivity index (χ2v) is 9.73. The molecule has 0 radical (unpaired) electrons. The topological polar surface area (TPSA) is 123 Å². The molecule has 1 saturated heterocycles. The van der Waals surface area contributed by atoms with E-state index in [2.05, 4.69) is 10.6 Å². The molecule has 1 aliphatic heterocycles. The van der Waals surface area contributed by atoms with E-state index in [9.17, 15) is 19.2 Å². The van der Waals surface area contributed by atoms with Crippen molar-refractivity contribution in [2.45, 2.75) is 13.8 Å². The second kappa shape index (κ2) is 12.6. The Morgan fingerprint density at radius 1 is 1.05 bits per heavy atom. The van der Waals surface area contributed by atoms with Gasteiger partial charge in [0.15, 0.2) is 18.1 Å². The van der Waals surface area contributed by atoms with E-state index >= 15 is 0 Å². The van der Waals surface area contributed by atoms with Crippen LogP contribution >= 0.6 is 22.6 Å². The Kier molecular flexibility index (Phi) is 9.04. The second-order valence-electron chi connectivity index (χ2n) is 8.57. The highest BCUT2D eigenvalue weighted by atomic mass is 127. The zero-order chi connectivity index (χ0) is 28.8. The lowest BCUT2D eigenvalue weighted by atomic mass is 10.1. The molecule has 10 nitrogen and oxygen atoms in total. The molecule has 0 bridgehead atoms. The number of ether oxygens (including phenoxy) is 3. The maximum absolute atomic E-state index is 13.3. The number of rotatable bonds is 9. The van der Waals surface area contributed by atoms with Crippen molar-refractivity contribution in [3.63, 3.8) is 0 Å². The van der Waals surface area contributed by atoms with Gasteiger partial charge in [-0.2, -0.15) is 0 Å². The van der Waals surface area contributed by atoms with Crippen LogP contribution in [-0.4, -0.2) is 44.1 Å². The third-order valence-electron chi connectivity index (χ3n) is 5.84. The summed E-state index contributed by atoms with van der Waals surface area (Å²) in [5.74, 6) is -0.734. The largest absolute Gasteiger partial charge is 0.494 e. The predicted molar refractivity (Wildman–Crippen MR) is 158 cm³/mol. The summed E-state index contributed by atoms with van der Waals surface area (Å²) < 4.78 is 17.2. The Labute approximate surface area is 244 Å². The van der Waals surface area contributed by atoms with Gasteiger partial charge < -0.3 is 19.5 Å². The molecule has 206 valence electrons. The van der Waals surface area contributed by atoms with Gasteiger partial charge >= 0.3 is 6.03 Å². The number of hydrogen-bond acceptors (Lipinski definition) is 7. The number of hydrogen-bond donors (Lipinski definition) is 2. The van der Waals surface area contributed by atoms with Crippen LogP contribution in [0.15, 0.2) is 66.2 Å². The van der Waals surface area contributed by atoms with Crippen molar-refractivity contribution in [1.29, 1.82) is 0 Å². The Balaban J connectivity index is 1.55. The number of halogens is 1. The van der Waals surface area contributed by atoms with Gasteiger partial charge in [-0.3, -0.25) is 19.7 Å². The lowest BCUT2D eigenvalue weighted by Gasteiger charge is -2.26. The van der Waals surface area contributed by atoms with Crippen LogP contribution in [0.4, 0.5) is 16.2 Å². The minimum atomic E-state index is -0.851. The molecule has 11 heteroatoms. The highest BCUT2D eigenvalue weighted by Gasteiger charge is 2.37. The van der Waals surface area contributed by atoms with Crippen LogP contribution in [0.2, 0.25) is 0 Å². The molecule has 0 aliphatic carbocycles. The average Bonchev–Trinajstić information content (AvgIpc) is 2.92. The molecular weight excluding hydrogens is 629 g/mol. The molecule has 0 saturated carbocycles. The van der Waals surface area contributed by atoms with Gasteiger partial charge in [-0.25, -0.2) is 9.69 Å². The number of barbiturate groups is 1. The number of benzene rings is 3. The summed E-state index contributed by atoms with van der Waals surface area (Å²) in [6.07, 6.45) is 1.37. The fourth-order valence-electron chi connectivity index (χ4n) is 3.92. The smallest absolute Gasteiger partial charge is 0.335 e. The summed E-state index contributed by atoms with van der Waals surface area (Å²) in [7, 11) is 1.44. The highest BCUT2D eigenvalue weighted by Crippen LogP contribution is 2.35. The first-order valence-corrected chi connectivity index (χ1v) is 13.3. The molecule has 1 aliphatic rings. The fourth-order valence-corrected chi connectivity index (χ4v) is 4.70. The van der Waals surface area contributed by atoms with E-state index in [1.54, 1.807) is 42.5 Å². The number of urea groups is 1. The zero-order valence-corrected chi connectivity index (χ0v) is 24.1. The van der Waals surface area contributed by atoms with E-state index in [0.717, 1.165) is 10.5 Å². The molecule has 0 spiro atoms. The van der Waals surface area contributed by atoms with Gasteiger partial charge in [0.25, 0.3) is 17.7 Å². The van der Waals surface area contributed by atoms with Crippen molar-refractivity contribution in [2.24, 2.45) is 0 Å². The Morgan fingerprint density at radius 2 is 1.77 bits per heavy atom.